The zero-order valence-electron chi connectivity index (χ0n) is 21.5. The summed E-state index contributed by atoms with van der Waals surface area (Å²) in [4.78, 5) is 35.9. The quantitative estimate of drug-likeness (QED) is 0.185. The molecule has 0 bridgehead atoms. The monoisotopic (exact) mass is 540 g/mol. The maximum Gasteiger partial charge on any atom is 0.248 e. The predicted molar refractivity (Wildman–Crippen MR) is 155 cm³/mol. The summed E-state index contributed by atoms with van der Waals surface area (Å²) >= 11 is 1.30. The van der Waals surface area contributed by atoms with Crippen molar-refractivity contribution < 1.29 is 14.4 Å². The molecule has 0 aliphatic carbocycles. The molecule has 0 aliphatic heterocycles. The van der Waals surface area contributed by atoms with Crippen molar-refractivity contribution in [2.45, 2.75) is 25.5 Å². The second-order valence-corrected chi connectivity index (χ2v) is 9.40. The summed E-state index contributed by atoms with van der Waals surface area (Å²) < 4.78 is 1.94. The third kappa shape index (κ3) is 7.89. The van der Waals surface area contributed by atoms with Crippen molar-refractivity contribution in [3.05, 3.63) is 90.5 Å². The molecule has 0 unspecified atom stereocenters. The maximum absolute atomic E-state index is 12.5. The van der Waals surface area contributed by atoms with Crippen LogP contribution in [-0.4, -0.2) is 38.2 Å². The Morgan fingerprint density at radius 3 is 2.08 bits per heavy atom. The number of aromatic nitrogens is 3. The minimum absolute atomic E-state index is 0.155. The van der Waals surface area contributed by atoms with E-state index in [2.05, 4.69) is 26.1 Å². The number of carbonyl (C=O) groups excluding carboxylic acids is 3. The number of thioether (sulfide) groups is 1. The van der Waals surface area contributed by atoms with Crippen molar-refractivity contribution in [3.8, 4) is 11.4 Å². The summed E-state index contributed by atoms with van der Waals surface area (Å²) in [5.41, 5.74) is 3.76. The molecule has 4 aromatic rings. The van der Waals surface area contributed by atoms with Crippen LogP contribution in [0.3, 0.4) is 0 Å². The molecule has 3 amide bonds. The zero-order valence-corrected chi connectivity index (χ0v) is 22.4. The minimum Gasteiger partial charge on any atom is -0.326 e. The molecule has 0 aliphatic rings. The van der Waals surface area contributed by atoms with Crippen LogP contribution in [0, 0.1) is 0 Å². The topological polar surface area (TPSA) is 118 Å². The summed E-state index contributed by atoms with van der Waals surface area (Å²) in [5, 5.41) is 17.6. The van der Waals surface area contributed by atoms with E-state index >= 15 is 0 Å². The number of carbonyl (C=O) groups is 3. The van der Waals surface area contributed by atoms with Gasteiger partial charge >= 0.3 is 0 Å². The van der Waals surface area contributed by atoms with E-state index in [9.17, 15) is 14.4 Å². The first kappa shape index (κ1) is 27.3. The Hall–Kier alpha value is -4.70. The first-order valence-corrected chi connectivity index (χ1v) is 13.3. The third-order valence-electron chi connectivity index (χ3n) is 5.49. The molecule has 39 heavy (non-hydrogen) atoms. The van der Waals surface area contributed by atoms with Crippen LogP contribution in [0.5, 0.6) is 0 Å². The predicted octanol–water partition coefficient (Wildman–Crippen LogP) is 5.31. The highest BCUT2D eigenvalue weighted by Crippen LogP contribution is 2.25. The fourth-order valence-corrected chi connectivity index (χ4v) is 4.49. The molecule has 3 N–H and O–H groups in total. The molecule has 4 rings (SSSR count). The van der Waals surface area contributed by atoms with E-state index < -0.39 is 0 Å². The largest absolute Gasteiger partial charge is 0.326 e. The number of hydrogen-bond donors (Lipinski definition) is 3. The molecule has 0 saturated carbocycles. The lowest BCUT2D eigenvalue weighted by Gasteiger charge is -2.09. The second kappa shape index (κ2) is 13.2. The Kier molecular flexibility index (Phi) is 9.25. The standard InChI is InChI=1S/C29H28N6O3S/c1-3-35-28(22-10-12-24(13-11-22)31-26(37)18-9-21-7-5-4-6-8-21)33-34-29(35)39-19-27(38)32-25-16-14-23(15-17-25)30-20(2)36/h4-18H,3,19H2,1-2H3,(H,30,36)(H,31,37)(H,32,38)/b18-9+. The molecule has 10 heteroatoms. The van der Waals surface area contributed by atoms with Gasteiger partial charge in [0.25, 0.3) is 0 Å². The highest BCUT2D eigenvalue weighted by Gasteiger charge is 2.15. The van der Waals surface area contributed by atoms with Crippen molar-refractivity contribution in [1.82, 2.24) is 14.8 Å². The number of benzene rings is 3. The Morgan fingerprint density at radius 2 is 1.44 bits per heavy atom. The fraction of sp³-hybridized carbons (Fsp3) is 0.138. The van der Waals surface area contributed by atoms with Crippen molar-refractivity contribution in [2.24, 2.45) is 0 Å². The molecule has 9 nitrogen and oxygen atoms in total. The molecule has 0 atom stereocenters. The van der Waals surface area contributed by atoms with E-state index in [1.165, 1.54) is 24.8 Å². The van der Waals surface area contributed by atoms with Crippen molar-refractivity contribution >= 4 is 52.6 Å². The summed E-state index contributed by atoms with van der Waals surface area (Å²) in [6.07, 6.45) is 3.26. The smallest absolute Gasteiger partial charge is 0.248 e. The van der Waals surface area contributed by atoms with Crippen LogP contribution < -0.4 is 16.0 Å². The number of hydrogen-bond acceptors (Lipinski definition) is 6. The third-order valence-corrected chi connectivity index (χ3v) is 6.46. The van der Waals surface area contributed by atoms with E-state index in [0.717, 1.165) is 11.1 Å². The fourth-order valence-electron chi connectivity index (χ4n) is 3.68. The van der Waals surface area contributed by atoms with Crippen LogP contribution in [0.25, 0.3) is 17.5 Å². The van der Waals surface area contributed by atoms with Gasteiger partial charge in [0.05, 0.1) is 5.75 Å². The van der Waals surface area contributed by atoms with Gasteiger partial charge in [-0.1, -0.05) is 42.1 Å². The van der Waals surface area contributed by atoms with Gasteiger partial charge < -0.3 is 20.5 Å². The molecule has 0 fully saturated rings. The maximum atomic E-state index is 12.5. The number of rotatable bonds is 10. The highest BCUT2D eigenvalue weighted by atomic mass is 32.2. The number of nitrogens with one attached hydrogen (secondary N) is 3. The molecular formula is C29H28N6O3S. The SMILES string of the molecule is CCn1c(SCC(=O)Nc2ccc(NC(C)=O)cc2)nnc1-c1ccc(NC(=O)/C=C/c2ccccc2)cc1. The first-order valence-electron chi connectivity index (χ1n) is 12.3. The Balaban J connectivity index is 1.33. The van der Waals surface area contributed by atoms with Gasteiger partial charge in [-0.3, -0.25) is 14.4 Å². The lowest BCUT2D eigenvalue weighted by atomic mass is 10.2. The molecule has 1 aromatic heterocycles. The van der Waals surface area contributed by atoms with Gasteiger partial charge in [-0.05, 0) is 67.1 Å². The average Bonchev–Trinajstić information content (AvgIpc) is 3.35. The van der Waals surface area contributed by atoms with Gasteiger partial charge in [-0.2, -0.15) is 0 Å². The molecule has 0 radical (unpaired) electrons. The van der Waals surface area contributed by atoms with Crippen LogP contribution in [-0.2, 0) is 20.9 Å². The summed E-state index contributed by atoms with van der Waals surface area (Å²) in [5.74, 6) is 0.283. The molecule has 0 saturated heterocycles. The van der Waals surface area contributed by atoms with Crippen molar-refractivity contribution in [1.29, 1.82) is 0 Å². The van der Waals surface area contributed by atoms with Crippen LogP contribution in [0.2, 0.25) is 0 Å². The van der Waals surface area contributed by atoms with Crippen LogP contribution >= 0.6 is 11.8 Å². The van der Waals surface area contributed by atoms with E-state index in [4.69, 9.17) is 0 Å². The minimum atomic E-state index is -0.219. The normalized spacial score (nSPS) is 10.8. The number of nitrogens with zero attached hydrogens (tertiary/aromatic N) is 3. The molecule has 198 valence electrons. The van der Waals surface area contributed by atoms with Crippen LogP contribution in [0.4, 0.5) is 17.1 Å². The number of amides is 3. The molecule has 0 spiro atoms. The van der Waals surface area contributed by atoms with Crippen LogP contribution in [0.1, 0.15) is 19.4 Å². The Bertz CT molecular complexity index is 1470. The zero-order chi connectivity index (χ0) is 27.6. The van der Waals surface area contributed by atoms with Crippen molar-refractivity contribution in [2.75, 3.05) is 21.7 Å². The van der Waals surface area contributed by atoms with Gasteiger partial charge in [0.15, 0.2) is 11.0 Å². The van der Waals surface area contributed by atoms with E-state index in [0.29, 0.717) is 34.6 Å². The van der Waals surface area contributed by atoms with Gasteiger partial charge in [0, 0.05) is 42.2 Å². The average molecular weight is 541 g/mol. The first-order chi connectivity index (χ1) is 18.9. The summed E-state index contributed by atoms with van der Waals surface area (Å²) in [6.45, 7) is 4.05. The Labute approximate surface area is 230 Å². The second-order valence-electron chi connectivity index (χ2n) is 8.46. The number of anilines is 3. The van der Waals surface area contributed by atoms with Gasteiger partial charge in [-0.15, -0.1) is 10.2 Å². The molecule has 1 heterocycles. The van der Waals surface area contributed by atoms with Gasteiger partial charge in [-0.25, -0.2) is 0 Å². The van der Waals surface area contributed by atoms with Gasteiger partial charge in [0.2, 0.25) is 17.7 Å². The summed E-state index contributed by atoms with van der Waals surface area (Å²) in [7, 11) is 0. The Morgan fingerprint density at radius 1 is 0.821 bits per heavy atom. The molecular weight excluding hydrogens is 512 g/mol. The molecule has 3 aromatic carbocycles. The van der Waals surface area contributed by atoms with Crippen LogP contribution in [0.15, 0.2) is 90.1 Å². The van der Waals surface area contributed by atoms with Crippen molar-refractivity contribution in [3.63, 3.8) is 0 Å². The van der Waals surface area contributed by atoms with E-state index in [1.54, 1.807) is 30.3 Å². The van der Waals surface area contributed by atoms with E-state index in [-0.39, 0.29) is 23.5 Å². The summed E-state index contributed by atoms with van der Waals surface area (Å²) in [6, 6.07) is 23.9. The highest BCUT2D eigenvalue weighted by molar-refractivity contribution is 7.99. The van der Waals surface area contributed by atoms with Gasteiger partial charge in [0.1, 0.15) is 0 Å². The lowest BCUT2D eigenvalue weighted by molar-refractivity contribution is -0.114. The lowest BCUT2D eigenvalue weighted by Crippen LogP contribution is -2.14. The van der Waals surface area contributed by atoms with E-state index in [1.807, 2.05) is 66.1 Å².